The Kier molecular flexibility index (Phi) is 2.51. The minimum absolute atomic E-state index is 0.262. The van der Waals surface area contributed by atoms with Crippen molar-refractivity contribution in [3.63, 3.8) is 0 Å². The fourth-order valence-electron chi connectivity index (χ4n) is 2.06. The average molecular weight is 350 g/mol. The van der Waals surface area contributed by atoms with Crippen molar-refractivity contribution in [2.24, 2.45) is 0 Å². The molecule has 0 spiro atoms. The van der Waals surface area contributed by atoms with Crippen LogP contribution >= 0.6 is 27.5 Å². The van der Waals surface area contributed by atoms with E-state index >= 15 is 0 Å². The molecule has 0 fully saturated rings. The topological polar surface area (TPSA) is 71.8 Å². The SMILES string of the molecule is Clc1nc2c(Br)cccc2c2nc(-c3ccn[nH]3)nn12. The van der Waals surface area contributed by atoms with E-state index in [9.17, 15) is 0 Å². The lowest BCUT2D eigenvalue weighted by Crippen LogP contribution is -1.95. The zero-order valence-electron chi connectivity index (χ0n) is 9.88. The molecule has 0 saturated carbocycles. The normalized spacial score (nSPS) is 11.5. The number of rotatable bonds is 1. The van der Waals surface area contributed by atoms with E-state index in [4.69, 9.17) is 11.6 Å². The molecular weight excluding hydrogens is 344 g/mol. The molecule has 4 aromatic rings. The van der Waals surface area contributed by atoms with Crippen LogP contribution in [0.3, 0.4) is 0 Å². The summed E-state index contributed by atoms with van der Waals surface area (Å²) >= 11 is 9.65. The van der Waals surface area contributed by atoms with Crippen LogP contribution < -0.4 is 0 Å². The molecule has 3 heterocycles. The van der Waals surface area contributed by atoms with Gasteiger partial charge in [0.05, 0.1) is 5.52 Å². The van der Waals surface area contributed by atoms with E-state index in [1.165, 1.54) is 4.52 Å². The molecule has 0 aliphatic rings. The highest BCUT2D eigenvalue weighted by molar-refractivity contribution is 9.10. The molecule has 0 aliphatic carbocycles. The number of halogens is 2. The number of aromatic amines is 1. The Hall–Kier alpha value is -1.99. The molecule has 0 unspecified atom stereocenters. The van der Waals surface area contributed by atoms with Gasteiger partial charge in [0.15, 0.2) is 11.5 Å². The summed E-state index contributed by atoms with van der Waals surface area (Å²) in [6.45, 7) is 0. The second-order valence-corrected chi connectivity index (χ2v) is 5.35. The minimum Gasteiger partial charge on any atom is -0.275 e. The summed E-state index contributed by atoms with van der Waals surface area (Å²) in [5.74, 6) is 0.527. The Morgan fingerprint density at radius 2 is 2.10 bits per heavy atom. The van der Waals surface area contributed by atoms with Gasteiger partial charge in [0.25, 0.3) is 0 Å². The third-order valence-corrected chi connectivity index (χ3v) is 3.84. The summed E-state index contributed by atoms with van der Waals surface area (Å²) < 4.78 is 2.39. The zero-order valence-corrected chi connectivity index (χ0v) is 12.2. The summed E-state index contributed by atoms with van der Waals surface area (Å²) in [5.41, 5.74) is 2.15. The van der Waals surface area contributed by atoms with Crippen molar-refractivity contribution >= 4 is 44.1 Å². The van der Waals surface area contributed by atoms with Gasteiger partial charge in [0.2, 0.25) is 5.28 Å². The molecule has 20 heavy (non-hydrogen) atoms. The first-order chi connectivity index (χ1) is 9.74. The summed E-state index contributed by atoms with van der Waals surface area (Å²) in [6, 6.07) is 7.57. The van der Waals surface area contributed by atoms with Crippen molar-refractivity contribution in [1.82, 2.24) is 29.8 Å². The number of hydrogen-bond acceptors (Lipinski definition) is 4. The van der Waals surface area contributed by atoms with Crippen molar-refractivity contribution in [3.05, 3.63) is 40.2 Å². The highest BCUT2D eigenvalue weighted by Gasteiger charge is 2.15. The van der Waals surface area contributed by atoms with E-state index in [-0.39, 0.29) is 5.28 Å². The van der Waals surface area contributed by atoms with Crippen molar-refractivity contribution < 1.29 is 0 Å². The van der Waals surface area contributed by atoms with Gasteiger partial charge in [0, 0.05) is 16.1 Å². The van der Waals surface area contributed by atoms with Crippen molar-refractivity contribution in [2.75, 3.05) is 0 Å². The molecule has 3 aromatic heterocycles. The van der Waals surface area contributed by atoms with Crippen LogP contribution in [-0.2, 0) is 0 Å². The van der Waals surface area contributed by atoms with Crippen LogP contribution in [0.4, 0.5) is 0 Å². The Bertz CT molecular complexity index is 930. The second-order valence-electron chi connectivity index (χ2n) is 4.16. The highest BCUT2D eigenvalue weighted by atomic mass is 79.9. The maximum atomic E-state index is 6.19. The number of H-pyrrole nitrogens is 1. The number of fused-ring (bicyclic) bond motifs is 3. The first kappa shape index (κ1) is 11.8. The maximum Gasteiger partial charge on any atom is 0.226 e. The number of para-hydroxylation sites is 1. The predicted molar refractivity (Wildman–Crippen MR) is 78.6 cm³/mol. The molecule has 6 nitrogen and oxygen atoms in total. The molecule has 98 valence electrons. The molecule has 0 atom stereocenters. The van der Waals surface area contributed by atoms with Gasteiger partial charge in [0.1, 0.15) is 5.69 Å². The van der Waals surface area contributed by atoms with E-state index in [1.54, 1.807) is 12.3 Å². The van der Waals surface area contributed by atoms with Gasteiger partial charge in [-0.05, 0) is 45.7 Å². The molecule has 0 saturated heterocycles. The Labute approximate surface area is 125 Å². The van der Waals surface area contributed by atoms with Gasteiger partial charge in [-0.1, -0.05) is 6.07 Å². The van der Waals surface area contributed by atoms with Crippen LogP contribution in [0.25, 0.3) is 28.1 Å². The zero-order chi connectivity index (χ0) is 13.7. The third-order valence-electron chi connectivity index (χ3n) is 2.96. The highest BCUT2D eigenvalue weighted by Crippen LogP contribution is 2.27. The molecule has 0 bridgehead atoms. The minimum atomic E-state index is 0.262. The molecule has 0 aliphatic heterocycles. The van der Waals surface area contributed by atoms with Crippen LogP contribution in [0, 0.1) is 0 Å². The Morgan fingerprint density at radius 3 is 2.90 bits per heavy atom. The Morgan fingerprint density at radius 1 is 1.20 bits per heavy atom. The lowest BCUT2D eigenvalue weighted by molar-refractivity contribution is 0.934. The number of nitrogens with one attached hydrogen (secondary N) is 1. The predicted octanol–water partition coefficient (Wildman–Crippen LogP) is 3.08. The van der Waals surface area contributed by atoms with Gasteiger partial charge in [-0.2, -0.15) is 9.61 Å². The van der Waals surface area contributed by atoms with Crippen molar-refractivity contribution in [1.29, 1.82) is 0 Å². The molecule has 8 heteroatoms. The molecule has 0 amide bonds. The van der Waals surface area contributed by atoms with E-state index in [0.717, 1.165) is 21.1 Å². The monoisotopic (exact) mass is 348 g/mol. The largest absolute Gasteiger partial charge is 0.275 e. The molecular formula is C12H6BrClN6. The van der Waals surface area contributed by atoms with E-state index in [1.807, 2.05) is 18.2 Å². The van der Waals surface area contributed by atoms with Crippen LogP contribution in [0.2, 0.25) is 5.28 Å². The summed E-state index contributed by atoms with van der Waals surface area (Å²) in [5, 5.41) is 12.2. The van der Waals surface area contributed by atoms with Gasteiger partial charge < -0.3 is 0 Å². The van der Waals surface area contributed by atoms with Gasteiger partial charge in [-0.15, -0.1) is 5.10 Å². The van der Waals surface area contributed by atoms with Crippen molar-refractivity contribution in [3.8, 4) is 11.5 Å². The third kappa shape index (κ3) is 1.63. The lowest BCUT2D eigenvalue weighted by atomic mass is 10.2. The average Bonchev–Trinajstić information content (AvgIpc) is 3.08. The lowest BCUT2D eigenvalue weighted by Gasteiger charge is -2.02. The molecule has 0 radical (unpaired) electrons. The maximum absolute atomic E-state index is 6.19. The fraction of sp³-hybridized carbons (Fsp3) is 0. The quantitative estimate of drug-likeness (QED) is 0.536. The number of hydrogen-bond donors (Lipinski definition) is 1. The number of aromatic nitrogens is 6. The fourth-order valence-corrected chi connectivity index (χ4v) is 2.72. The van der Waals surface area contributed by atoms with Gasteiger partial charge in [-0.25, -0.2) is 9.97 Å². The number of benzene rings is 1. The van der Waals surface area contributed by atoms with Crippen molar-refractivity contribution in [2.45, 2.75) is 0 Å². The smallest absolute Gasteiger partial charge is 0.226 e. The summed E-state index contributed by atoms with van der Waals surface area (Å²) in [7, 11) is 0. The molecule has 1 aromatic carbocycles. The second kappa shape index (κ2) is 4.26. The van der Waals surface area contributed by atoms with Crippen LogP contribution in [0.5, 0.6) is 0 Å². The van der Waals surface area contributed by atoms with E-state index in [2.05, 4.69) is 41.2 Å². The van der Waals surface area contributed by atoms with Crippen LogP contribution in [0.1, 0.15) is 0 Å². The van der Waals surface area contributed by atoms with Gasteiger partial charge >= 0.3 is 0 Å². The summed E-state index contributed by atoms with van der Waals surface area (Å²) in [6.07, 6.45) is 1.65. The van der Waals surface area contributed by atoms with E-state index in [0.29, 0.717) is 11.5 Å². The van der Waals surface area contributed by atoms with Crippen LogP contribution in [-0.4, -0.2) is 29.8 Å². The number of nitrogens with zero attached hydrogens (tertiary/aromatic N) is 5. The first-order valence-corrected chi connectivity index (χ1v) is 6.91. The molecule has 4 rings (SSSR count). The summed E-state index contributed by atoms with van der Waals surface area (Å²) in [4.78, 5) is 8.87. The Balaban J connectivity index is 2.13. The van der Waals surface area contributed by atoms with Gasteiger partial charge in [-0.3, -0.25) is 5.10 Å². The molecule has 1 N–H and O–H groups in total. The van der Waals surface area contributed by atoms with Crippen LogP contribution in [0.15, 0.2) is 34.9 Å². The standard InChI is InChI=1S/C12H6BrClN6/c13-7-3-1-2-6-9(7)16-12(14)20-11(6)17-10(19-20)8-4-5-15-18-8/h1-5H,(H,15,18). The van der Waals surface area contributed by atoms with E-state index < -0.39 is 0 Å². The first-order valence-electron chi connectivity index (χ1n) is 5.74.